The first-order chi connectivity index (χ1) is 14.1. The number of halogens is 1. The molecule has 0 unspecified atom stereocenters. The molecule has 29 heavy (non-hydrogen) atoms. The molecular weight excluding hydrogens is 424 g/mol. The second kappa shape index (κ2) is 8.18. The monoisotopic (exact) mass is 444 g/mol. The average Bonchev–Trinajstić information content (AvgIpc) is 2.74. The molecule has 1 aromatic heterocycles. The molecule has 0 saturated carbocycles. The van der Waals surface area contributed by atoms with E-state index in [1.54, 1.807) is 0 Å². The van der Waals surface area contributed by atoms with Gasteiger partial charge in [-0.3, -0.25) is 4.79 Å². The van der Waals surface area contributed by atoms with E-state index in [-0.39, 0.29) is 5.91 Å². The lowest BCUT2D eigenvalue weighted by Gasteiger charge is -2.15. The maximum atomic E-state index is 13.4. The number of carbonyl (C=O) groups excluding carboxylic acids is 1. The molecule has 1 heterocycles. The second-order valence-corrected chi connectivity index (χ2v) is 7.91. The number of hydrogen-bond donors (Lipinski definition) is 1. The minimum Gasteiger partial charge on any atom is -0.321 e. The van der Waals surface area contributed by atoms with Gasteiger partial charge in [0.15, 0.2) is 0 Å². The van der Waals surface area contributed by atoms with Crippen LogP contribution < -0.4 is 5.32 Å². The largest absolute Gasteiger partial charge is 0.321 e. The van der Waals surface area contributed by atoms with Crippen LogP contribution in [0.15, 0.2) is 77.3 Å². The predicted octanol–water partition coefficient (Wildman–Crippen LogP) is 6.79. The SMILES string of the molecule is CCc1cccc(C)c1NC(=O)c1cc(-c2cccc(Br)c2)nc2ccccc12. The van der Waals surface area contributed by atoms with Crippen molar-refractivity contribution in [3.05, 3.63) is 94.0 Å². The van der Waals surface area contributed by atoms with Gasteiger partial charge in [-0.15, -0.1) is 0 Å². The van der Waals surface area contributed by atoms with Crippen molar-refractivity contribution >= 4 is 38.4 Å². The van der Waals surface area contributed by atoms with Crippen LogP contribution in [0.1, 0.15) is 28.4 Å². The molecular formula is C25H21BrN2O. The molecule has 4 rings (SSSR count). The van der Waals surface area contributed by atoms with E-state index in [0.29, 0.717) is 5.56 Å². The fourth-order valence-corrected chi connectivity index (χ4v) is 3.94. The van der Waals surface area contributed by atoms with E-state index in [1.807, 2.05) is 73.7 Å². The topological polar surface area (TPSA) is 42.0 Å². The zero-order valence-electron chi connectivity index (χ0n) is 16.4. The zero-order chi connectivity index (χ0) is 20.4. The third-order valence-corrected chi connectivity index (χ3v) is 5.55. The molecule has 0 radical (unpaired) electrons. The molecule has 0 aliphatic carbocycles. The van der Waals surface area contributed by atoms with E-state index in [4.69, 9.17) is 4.98 Å². The predicted molar refractivity (Wildman–Crippen MR) is 123 cm³/mol. The Morgan fingerprint density at radius 3 is 2.59 bits per heavy atom. The molecule has 0 spiro atoms. The molecule has 144 valence electrons. The smallest absolute Gasteiger partial charge is 0.256 e. The van der Waals surface area contributed by atoms with Gasteiger partial charge in [-0.05, 0) is 48.7 Å². The number of anilines is 1. The van der Waals surface area contributed by atoms with Crippen molar-refractivity contribution in [1.82, 2.24) is 4.98 Å². The highest BCUT2D eigenvalue weighted by atomic mass is 79.9. The minimum atomic E-state index is -0.121. The summed E-state index contributed by atoms with van der Waals surface area (Å²) >= 11 is 3.52. The van der Waals surface area contributed by atoms with Crippen molar-refractivity contribution in [3.8, 4) is 11.3 Å². The van der Waals surface area contributed by atoms with Crippen LogP contribution in [-0.2, 0) is 6.42 Å². The van der Waals surface area contributed by atoms with Crippen molar-refractivity contribution in [2.75, 3.05) is 5.32 Å². The Bertz CT molecular complexity index is 1220. The number of nitrogens with one attached hydrogen (secondary N) is 1. The van der Waals surface area contributed by atoms with Crippen molar-refractivity contribution in [3.63, 3.8) is 0 Å². The van der Waals surface area contributed by atoms with E-state index in [1.165, 1.54) is 0 Å². The number of fused-ring (bicyclic) bond motifs is 1. The first-order valence-corrected chi connectivity index (χ1v) is 10.4. The lowest BCUT2D eigenvalue weighted by molar-refractivity contribution is 0.102. The Balaban J connectivity index is 1.83. The van der Waals surface area contributed by atoms with Gasteiger partial charge < -0.3 is 5.32 Å². The molecule has 4 aromatic rings. The standard InChI is InChI=1S/C25H21BrN2O/c1-3-17-9-6-8-16(2)24(17)28-25(29)21-15-23(18-10-7-11-19(26)14-18)27-22-13-5-4-12-20(21)22/h4-15H,3H2,1-2H3,(H,28,29). The molecule has 1 N–H and O–H groups in total. The molecule has 3 aromatic carbocycles. The van der Waals surface area contributed by atoms with E-state index >= 15 is 0 Å². The highest BCUT2D eigenvalue weighted by Gasteiger charge is 2.16. The van der Waals surface area contributed by atoms with Gasteiger partial charge in [0, 0.05) is 21.1 Å². The summed E-state index contributed by atoms with van der Waals surface area (Å²) in [5.74, 6) is -0.121. The molecule has 0 aliphatic heterocycles. The number of pyridine rings is 1. The summed E-state index contributed by atoms with van der Waals surface area (Å²) in [4.78, 5) is 18.1. The summed E-state index contributed by atoms with van der Waals surface area (Å²) in [6, 6.07) is 23.7. The van der Waals surface area contributed by atoms with E-state index in [0.717, 1.165) is 49.9 Å². The number of benzene rings is 3. The highest BCUT2D eigenvalue weighted by molar-refractivity contribution is 9.10. The first kappa shape index (κ1) is 19.3. The van der Waals surface area contributed by atoms with Crippen LogP contribution in [-0.4, -0.2) is 10.9 Å². The normalized spacial score (nSPS) is 10.9. The lowest BCUT2D eigenvalue weighted by atomic mass is 10.0. The number of hydrogen-bond acceptors (Lipinski definition) is 2. The van der Waals surface area contributed by atoms with Gasteiger partial charge in [-0.25, -0.2) is 4.98 Å². The zero-order valence-corrected chi connectivity index (χ0v) is 18.0. The Hall–Kier alpha value is -2.98. The number of para-hydroxylation sites is 2. The van der Waals surface area contributed by atoms with Gasteiger partial charge in [0.1, 0.15) is 0 Å². The number of nitrogens with zero attached hydrogens (tertiary/aromatic N) is 1. The van der Waals surface area contributed by atoms with Crippen molar-refractivity contribution in [2.24, 2.45) is 0 Å². The maximum absolute atomic E-state index is 13.4. The average molecular weight is 445 g/mol. The number of aryl methyl sites for hydroxylation is 2. The van der Waals surface area contributed by atoms with Gasteiger partial charge in [-0.2, -0.15) is 0 Å². The molecule has 0 saturated heterocycles. The summed E-state index contributed by atoms with van der Waals surface area (Å²) in [6.07, 6.45) is 0.859. The Morgan fingerprint density at radius 1 is 1.00 bits per heavy atom. The number of rotatable bonds is 4. The van der Waals surface area contributed by atoms with Crippen LogP contribution in [0.5, 0.6) is 0 Å². The summed E-state index contributed by atoms with van der Waals surface area (Å²) in [5, 5.41) is 4.00. The Labute approximate surface area is 178 Å². The number of amides is 1. The third-order valence-electron chi connectivity index (χ3n) is 5.06. The highest BCUT2D eigenvalue weighted by Crippen LogP contribution is 2.28. The van der Waals surface area contributed by atoms with Gasteiger partial charge in [0.25, 0.3) is 5.91 Å². The summed E-state index contributed by atoms with van der Waals surface area (Å²) in [6.45, 7) is 4.12. The van der Waals surface area contributed by atoms with Crippen molar-refractivity contribution in [2.45, 2.75) is 20.3 Å². The molecule has 0 atom stereocenters. The van der Waals surface area contributed by atoms with Crippen molar-refractivity contribution < 1.29 is 4.79 Å². The maximum Gasteiger partial charge on any atom is 0.256 e. The van der Waals surface area contributed by atoms with Gasteiger partial charge in [-0.1, -0.05) is 71.4 Å². The number of aromatic nitrogens is 1. The molecule has 0 fully saturated rings. The van der Waals surface area contributed by atoms with Gasteiger partial charge in [0.05, 0.1) is 16.8 Å². The second-order valence-electron chi connectivity index (χ2n) is 7.00. The van der Waals surface area contributed by atoms with E-state index in [2.05, 4.69) is 34.2 Å². The van der Waals surface area contributed by atoms with Crippen LogP contribution in [0.25, 0.3) is 22.2 Å². The molecule has 0 aliphatic rings. The summed E-state index contributed by atoms with van der Waals surface area (Å²) < 4.78 is 0.975. The lowest BCUT2D eigenvalue weighted by Crippen LogP contribution is -2.15. The van der Waals surface area contributed by atoms with Crippen LogP contribution in [0, 0.1) is 6.92 Å². The van der Waals surface area contributed by atoms with Crippen LogP contribution >= 0.6 is 15.9 Å². The molecule has 3 nitrogen and oxygen atoms in total. The molecule has 0 bridgehead atoms. The quantitative estimate of drug-likeness (QED) is 0.376. The molecule has 4 heteroatoms. The summed E-state index contributed by atoms with van der Waals surface area (Å²) in [7, 11) is 0. The Kier molecular flexibility index (Phi) is 5.45. The minimum absolute atomic E-state index is 0.121. The van der Waals surface area contributed by atoms with Crippen LogP contribution in [0.2, 0.25) is 0 Å². The van der Waals surface area contributed by atoms with Crippen LogP contribution in [0.4, 0.5) is 5.69 Å². The summed E-state index contributed by atoms with van der Waals surface area (Å²) in [5.41, 5.74) is 6.24. The Morgan fingerprint density at radius 2 is 1.79 bits per heavy atom. The first-order valence-electron chi connectivity index (χ1n) is 9.62. The van der Waals surface area contributed by atoms with Gasteiger partial charge >= 0.3 is 0 Å². The van der Waals surface area contributed by atoms with E-state index in [9.17, 15) is 4.79 Å². The fraction of sp³-hybridized carbons (Fsp3) is 0.120. The number of carbonyl (C=O) groups is 1. The fourth-order valence-electron chi connectivity index (χ4n) is 3.54. The van der Waals surface area contributed by atoms with Crippen molar-refractivity contribution in [1.29, 1.82) is 0 Å². The van der Waals surface area contributed by atoms with E-state index < -0.39 is 0 Å². The van der Waals surface area contributed by atoms with Gasteiger partial charge in [0.2, 0.25) is 0 Å². The molecule has 1 amide bonds. The third kappa shape index (κ3) is 3.94. The van der Waals surface area contributed by atoms with Crippen LogP contribution in [0.3, 0.4) is 0 Å².